The lowest BCUT2D eigenvalue weighted by molar-refractivity contribution is -0.120. The molecule has 0 aliphatic heterocycles. The number of halogens is 1. The summed E-state index contributed by atoms with van der Waals surface area (Å²) in [6.45, 7) is 3.33. The van der Waals surface area contributed by atoms with E-state index in [9.17, 15) is 19.6 Å². The molecule has 1 aliphatic carbocycles. The molecule has 1 atom stereocenters. The lowest BCUT2D eigenvalue weighted by Crippen LogP contribution is -2.29. The summed E-state index contributed by atoms with van der Waals surface area (Å²) in [6, 6.07) is 11.1. The van der Waals surface area contributed by atoms with Crippen molar-refractivity contribution in [2.45, 2.75) is 25.9 Å². The highest BCUT2D eigenvalue weighted by Gasteiger charge is 2.28. The van der Waals surface area contributed by atoms with Crippen molar-refractivity contribution in [3.63, 3.8) is 0 Å². The van der Waals surface area contributed by atoms with Crippen molar-refractivity contribution >= 4 is 28.6 Å². The fraction of sp³-hybridized carbons (Fsp3) is 0.174. The second-order valence-corrected chi connectivity index (χ2v) is 7.49. The predicted octanol–water partition coefficient (Wildman–Crippen LogP) is 4.00. The van der Waals surface area contributed by atoms with Gasteiger partial charge in [-0.1, -0.05) is 18.2 Å². The smallest absolute Gasteiger partial charge is 0.229 e. The Morgan fingerprint density at radius 3 is 2.63 bits per heavy atom. The van der Waals surface area contributed by atoms with E-state index in [0.717, 1.165) is 11.3 Å². The van der Waals surface area contributed by atoms with Crippen LogP contribution >= 0.6 is 0 Å². The van der Waals surface area contributed by atoms with Crippen molar-refractivity contribution in [1.29, 1.82) is 5.26 Å². The average Bonchev–Trinajstić information content (AvgIpc) is 2.96. The molecule has 2 N–H and O–H groups in total. The number of aryl methyl sites for hydroxylation is 1. The molecule has 0 radical (unpaired) electrons. The maximum absolute atomic E-state index is 13.2. The molecule has 6 nitrogen and oxygen atoms in total. The number of carbonyl (C=O) groups is 1. The van der Waals surface area contributed by atoms with Crippen molar-refractivity contribution in [3.05, 3.63) is 77.1 Å². The molecule has 1 aliphatic rings. The third kappa shape index (κ3) is 3.49. The minimum absolute atomic E-state index is 0.237. The van der Waals surface area contributed by atoms with E-state index in [0.29, 0.717) is 28.1 Å². The number of rotatable bonds is 5. The summed E-state index contributed by atoms with van der Waals surface area (Å²) in [5.74, 6) is -0.557. The highest BCUT2D eigenvalue weighted by atomic mass is 19.1. The van der Waals surface area contributed by atoms with Crippen LogP contribution in [0.15, 0.2) is 54.6 Å². The average molecular weight is 402 g/mol. The summed E-state index contributed by atoms with van der Waals surface area (Å²) in [5.41, 5.74) is 2.46. The molecule has 1 aromatic heterocycles. The lowest BCUT2D eigenvalue weighted by Gasteiger charge is -2.23. The number of imidazole rings is 1. The molecule has 7 heteroatoms. The number of nitrogens with zero attached hydrogens (tertiary/aromatic N) is 3. The summed E-state index contributed by atoms with van der Waals surface area (Å²) in [4.78, 5) is 17.2. The Morgan fingerprint density at radius 1 is 1.33 bits per heavy atom. The normalized spacial score (nSPS) is 14.6. The van der Waals surface area contributed by atoms with E-state index in [2.05, 4.69) is 16.4 Å². The van der Waals surface area contributed by atoms with E-state index in [1.165, 1.54) is 31.2 Å². The van der Waals surface area contributed by atoms with Gasteiger partial charge in [0, 0.05) is 5.70 Å². The SMILES string of the molecule is Cc1cc2nc(NC(=O)C[C@](C)(O)c3ccc(F)cc3)n(C3=CC=C3)c2cc1C#N. The molecule has 4 rings (SSSR count). The van der Waals surface area contributed by atoms with Crippen molar-refractivity contribution in [3.8, 4) is 6.07 Å². The molecule has 0 unspecified atom stereocenters. The Hall–Kier alpha value is -3.76. The minimum atomic E-state index is -1.48. The van der Waals surface area contributed by atoms with Gasteiger partial charge in [0.15, 0.2) is 0 Å². The van der Waals surface area contributed by atoms with E-state index in [4.69, 9.17) is 0 Å². The second kappa shape index (κ2) is 7.25. The molecule has 150 valence electrons. The topological polar surface area (TPSA) is 90.9 Å². The minimum Gasteiger partial charge on any atom is -0.385 e. The fourth-order valence-corrected chi connectivity index (χ4v) is 3.42. The van der Waals surface area contributed by atoms with Gasteiger partial charge in [-0.05, 0) is 61.4 Å². The number of nitrogens with one attached hydrogen (secondary N) is 1. The van der Waals surface area contributed by atoms with Gasteiger partial charge >= 0.3 is 0 Å². The maximum atomic E-state index is 13.2. The molecule has 0 bridgehead atoms. The van der Waals surface area contributed by atoms with E-state index in [1.54, 1.807) is 16.7 Å². The van der Waals surface area contributed by atoms with Crippen LogP contribution in [0.4, 0.5) is 10.3 Å². The standard InChI is InChI=1S/C23H19FN4O2/c1-14-10-19-20(11-15(14)13-25)28(18-4-3-5-18)22(26-19)27-21(29)12-23(2,30)16-6-8-17(24)9-7-16/h3-11,30H,12H2,1-2H3,(H,26,27,29)/t23-/m0/s1. The van der Waals surface area contributed by atoms with Gasteiger partial charge in [0.05, 0.1) is 34.7 Å². The fourth-order valence-electron chi connectivity index (χ4n) is 3.42. The van der Waals surface area contributed by atoms with Crippen LogP contribution in [0.5, 0.6) is 0 Å². The predicted molar refractivity (Wildman–Crippen MR) is 112 cm³/mol. The Balaban J connectivity index is 1.65. The van der Waals surface area contributed by atoms with Gasteiger partial charge in [0.2, 0.25) is 11.9 Å². The summed E-state index contributed by atoms with van der Waals surface area (Å²) in [5, 5.41) is 22.9. The van der Waals surface area contributed by atoms with Crippen LogP contribution in [0.25, 0.3) is 16.7 Å². The van der Waals surface area contributed by atoms with E-state index >= 15 is 0 Å². The van der Waals surface area contributed by atoms with Gasteiger partial charge in [-0.25, -0.2) is 9.37 Å². The number of hydrogen-bond acceptors (Lipinski definition) is 4. The van der Waals surface area contributed by atoms with Crippen LogP contribution in [-0.4, -0.2) is 20.6 Å². The lowest BCUT2D eigenvalue weighted by atomic mass is 9.92. The van der Waals surface area contributed by atoms with E-state index in [1.807, 2.05) is 25.2 Å². The van der Waals surface area contributed by atoms with Crippen LogP contribution in [0.2, 0.25) is 0 Å². The number of amides is 1. The van der Waals surface area contributed by atoms with Gasteiger partial charge in [0.25, 0.3) is 0 Å². The zero-order chi connectivity index (χ0) is 21.5. The van der Waals surface area contributed by atoms with E-state index < -0.39 is 17.3 Å². The molecule has 1 amide bonds. The third-order valence-electron chi connectivity index (χ3n) is 5.14. The Morgan fingerprint density at radius 2 is 2.03 bits per heavy atom. The van der Waals surface area contributed by atoms with Crippen LogP contribution in [0, 0.1) is 24.1 Å². The first-order valence-corrected chi connectivity index (χ1v) is 9.39. The molecular formula is C23H19FN4O2. The summed E-state index contributed by atoms with van der Waals surface area (Å²) in [7, 11) is 0. The first-order valence-electron chi connectivity index (χ1n) is 9.39. The number of nitriles is 1. The highest BCUT2D eigenvalue weighted by Crippen LogP contribution is 2.31. The van der Waals surface area contributed by atoms with Gasteiger partial charge in [-0.15, -0.1) is 0 Å². The summed E-state index contributed by atoms with van der Waals surface area (Å²) < 4.78 is 14.9. The molecule has 1 heterocycles. The molecule has 3 aromatic rings. The Kier molecular flexibility index (Phi) is 4.72. The van der Waals surface area contributed by atoms with Crippen molar-refractivity contribution < 1.29 is 14.3 Å². The van der Waals surface area contributed by atoms with Crippen LogP contribution in [0.1, 0.15) is 30.0 Å². The van der Waals surface area contributed by atoms with Crippen molar-refractivity contribution in [2.75, 3.05) is 5.32 Å². The molecule has 30 heavy (non-hydrogen) atoms. The van der Waals surface area contributed by atoms with Gasteiger partial charge in [-0.3, -0.25) is 14.7 Å². The molecule has 0 spiro atoms. The van der Waals surface area contributed by atoms with Gasteiger partial charge in [0.1, 0.15) is 5.82 Å². The monoisotopic (exact) mass is 402 g/mol. The zero-order valence-electron chi connectivity index (χ0n) is 16.5. The third-order valence-corrected chi connectivity index (χ3v) is 5.14. The molecule has 0 saturated heterocycles. The van der Waals surface area contributed by atoms with Gasteiger partial charge < -0.3 is 5.11 Å². The number of anilines is 1. The second-order valence-electron chi connectivity index (χ2n) is 7.49. The summed E-state index contributed by atoms with van der Waals surface area (Å²) >= 11 is 0. The van der Waals surface area contributed by atoms with Crippen LogP contribution in [0.3, 0.4) is 0 Å². The number of aromatic nitrogens is 2. The first-order chi connectivity index (χ1) is 14.3. The largest absolute Gasteiger partial charge is 0.385 e. The number of carbonyl (C=O) groups excluding carboxylic acids is 1. The maximum Gasteiger partial charge on any atom is 0.229 e. The highest BCUT2D eigenvalue weighted by molar-refractivity contribution is 5.95. The number of aliphatic hydroxyl groups is 1. The molecule has 0 fully saturated rings. The summed E-state index contributed by atoms with van der Waals surface area (Å²) in [6.07, 6.45) is 5.37. The molecule has 0 saturated carbocycles. The molecule has 2 aromatic carbocycles. The van der Waals surface area contributed by atoms with Gasteiger partial charge in [-0.2, -0.15) is 5.26 Å². The number of fused-ring (bicyclic) bond motifs is 1. The number of hydrogen-bond donors (Lipinski definition) is 2. The number of benzene rings is 2. The van der Waals surface area contributed by atoms with Crippen molar-refractivity contribution in [1.82, 2.24) is 9.55 Å². The van der Waals surface area contributed by atoms with E-state index in [-0.39, 0.29) is 6.42 Å². The quantitative estimate of drug-likeness (QED) is 0.675. The molecular weight excluding hydrogens is 383 g/mol. The van der Waals surface area contributed by atoms with Crippen LogP contribution < -0.4 is 5.32 Å². The Bertz CT molecular complexity index is 1260. The Labute approximate surface area is 172 Å². The van der Waals surface area contributed by atoms with Crippen LogP contribution in [-0.2, 0) is 10.4 Å². The zero-order valence-corrected chi connectivity index (χ0v) is 16.5. The number of allylic oxidation sites excluding steroid dienone is 4. The first kappa shape index (κ1) is 19.6. The van der Waals surface area contributed by atoms with Crippen molar-refractivity contribution in [2.24, 2.45) is 0 Å².